The number of nitrogens with zero attached hydrogens (tertiary/aromatic N) is 1. The van der Waals surface area contributed by atoms with Crippen LogP contribution in [0.25, 0.3) is 10.6 Å². The van der Waals surface area contributed by atoms with Crippen molar-refractivity contribution in [3.63, 3.8) is 0 Å². The van der Waals surface area contributed by atoms with Crippen molar-refractivity contribution >= 4 is 27.3 Å². The smallest absolute Gasteiger partial charge is 0.123 e. The van der Waals surface area contributed by atoms with Crippen LogP contribution in [0.3, 0.4) is 0 Å². The van der Waals surface area contributed by atoms with Crippen molar-refractivity contribution in [3.8, 4) is 10.6 Å². The van der Waals surface area contributed by atoms with E-state index in [9.17, 15) is 0 Å². The standard InChI is InChI=1S/C14H14BrNS/c1-9-5-6-12-13(7-9)17-14(16-12)10-3-2-4-11(15)8-10/h2-4,8-9H,5-7H2,1H3. The molecule has 1 nitrogen and oxygen atoms in total. The normalized spacial score (nSPS) is 19.1. The summed E-state index contributed by atoms with van der Waals surface area (Å²) in [6, 6.07) is 8.41. The topological polar surface area (TPSA) is 12.9 Å². The second kappa shape index (κ2) is 4.54. The molecule has 1 aromatic heterocycles. The first-order chi connectivity index (χ1) is 8.22. The Balaban J connectivity index is 2.00. The van der Waals surface area contributed by atoms with Gasteiger partial charge in [-0.1, -0.05) is 35.0 Å². The van der Waals surface area contributed by atoms with Crippen LogP contribution in [0.2, 0.25) is 0 Å². The second-order valence-corrected chi connectivity index (χ2v) is 6.75. The summed E-state index contributed by atoms with van der Waals surface area (Å²) in [6.07, 6.45) is 3.65. The predicted octanol–water partition coefficient (Wildman–Crippen LogP) is 4.70. The molecule has 1 unspecified atom stereocenters. The van der Waals surface area contributed by atoms with Gasteiger partial charge in [-0.25, -0.2) is 4.98 Å². The summed E-state index contributed by atoms with van der Waals surface area (Å²) in [7, 11) is 0. The van der Waals surface area contributed by atoms with Gasteiger partial charge in [0.15, 0.2) is 0 Å². The van der Waals surface area contributed by atoms with Gasteiger partial charge in [0.1, 0.15) is 5.01 Å². The van der Waals surface area contributed by atoms with Gasteiger partial charge in [0.2, 0.25) is 0 Å². The zero-order valence-electron chi connectivity index (χ0n) is 9.74. The largest absolute Gasteiger partial charge is 0.241 e. The van der Waals surface area contributed by atoms with E-state index < -0.39 is 0 Å². The Kier molecular flexibility index (Phi) is 3.05. The third-order valence-electron chi connectivity index (χ3n) is 3.26. The van der Waals surface area contributed by atoms with Gasteiger partial charge in [-0.2, -0.15) is 0 Å². The highest BCUT2D eigenvalue weighted by molar-refractivity contribution is 9.10. The average molecular weight is 308 g/mol. The lowest BCUT2D eigenvalue weighted by molar-refractivity contribution is 0.502. The van der Waals surface area contributed by atoms with Crippen molar-refractivity contribution in [2.45, 2.75) is 26.2 Å². The Hall–Kier alpha value is -0.670. The molecule has 3 rings (SSSR count). The summed E-state index contributed by atoms with van der Waals surface area (Å²) in [5.74, 6) is 0.818. The summed E-state index contributed by atoms with van der Waals surface area (Å²) >= 11 is 5.39. The van der Waals surface area contributed by atoms with Crippen LogP contribution in [0.5, 0.6) is 0 Å². The van der Waals surface area contributed by atoms with E-state index in [1.165, 1.54) is 34.0 Å². The number of aromatic nitrogens is 1. The number of benzene rings is 1. The fourth-order valence-corrected chi connectivity index (χ4v) is 3.95. The van der Waals surface area contributed by atoms with E-state index in [0.29, 0.717) is 0 Å². The Bertz CT molecular complexity index is 547. The van der Waals surface area contributed by atoms with E-state index in [1.54, 1.807) is 0 Å². The van der Waals surface area contributed by atoms with Gasteiger partial charge in [-0.05, 0) is 37.3 Å². The minimum absolute atomic E-state index is 0.818. The molecule has 0 amide bonds. The average Bonchev–Trinajstić information content (AvgIpc) is 2.72. The molecule has 1 aromatic carbocycles. The van der Waals surface area contributed by atoms with Crippen molar-refractivity contribution in [1.82, 2.24) is 4.98 Å². The van der Waals surface area contributed by atoms with E-state index in [1.807, 2.05) is 11.3 Å². The van der Waals surface area contributed by atoms with E-state index >= 15 is 0 Å². The molecular formula is C14H14BrNS. The number of halogens is 1. The van der Waals surface area contributed by atoms with Crippen LogP contribution in [-0.4, -0.2) is 4.98 Å². The van der Waals surface area contributed by atoms with Gasteiger partial charge in [0, 0.05) is 14.9 Å². The fourth-order valence-electron chi connectivity index (χ4n) is 2.28. The molecule has 0 saturated heterocycles. The zero-order chi connectivity index (χ0) is 11.8. The molecule has 0 aliphatic heterocycles. The Labute approximate surface area is 114 Å². The number of rotatable bonds is 1. The van der Waals surface area contributed by atoms with Gasteiger partial charge in [-0.15, -0.1) is 11.3 Å². The molecule has 2 aromatic rings. The lowest BCUT2D eigenvalue weighted by Gasteiger charge is -2.15. The molecule has 0 fully saturated rings. The van der Waals surface area contributed by atoms with Gasteiger partial charge in [0.05, 0.1) is 5.69 Å². The Morgan fingerprint density at radius 3 is 3.12 bits per heavy atom. The zero-order valence-corrected chi connectivity index (χ0v) is 12.1. The number of aryl methyl sites for hydroxylation is 1. The third kappa shape index (κ3) is 2.31. The Morgan fingerprint density at radius 1 is 1.41 bits per heavy atom. The van der Waals surface area contributed by atoms with Crippen molar-refractivity contribution in [2.24, 2.45) is 5.92 Å². The van der Waals surface area contributed by atoms with Crippen molar-refractivity contribution < 1.29 is 0 Å². The molecule has 1 atom stereocenters. The quantitative estimate of drug-likeness (QED) is 0.744. The number of hydrogen-bond donors (Lipinski definition) is 0. The van der Waals surface area contributed by atoms with Crippen molar-refractivity contribution in [2.75, 3.05) is 0 Å². The number of thiazole rings is 1. The van der Waals surface area contributed by atoms with E-state index in [2.05, 4.69) is 47.1 Å². The number of fused-ring (bicyclic) bond motifs is 1. The first-order valence-electron chi connectivity index (χ1n) is 5.97. The van der Waals surface area contributed by atoms with Crippen LogP contribution in [0.15, 0.2) is 28.7 Å². The first kappa shape index (κ1) is 11.4. The Morgan fingerprint density at radius 2 is 2.29 bits per heavy atom. The molecule has 0 N–H and O–H groups in total. The van der Waals surface area contributed by atoms with Crippen molar-refractivity contribution in [3.05, 3.63) is 39.3 Å². The minimum atomic E-state index is 0.818. The van der Waals surface area contributed by atoms with Crippen LogP contribution in [-0.2, 0) is 12.8 Å². The molecule has 0 saturated carbocycles. The SMILES string of the molecule is CC1CCc2nc(-c3cccc(Br)c3)sc2C1. The predicted molar refractivity (Wildman–Crippen MR) is 76.4 cm³/mol. The fraction of sp³-hybridized carbons (Fsp3) is 0.357. The molecule has 0 radical (unpaired) electrons. The number of hydrogen-bond acceptors (Lipinski definition) is 2. The maximum absolute atomic E-state index is 4.79. The second-order valence-electron chi connectivity index (χ2n) is 4.75. The van der Waals surface area contributed by atoms with Crippen LogP contribution in [0, 0.1) is 5.92 Å². The van der Waals surface area contributed by atoms with Crippen LogP contribution < -0.4 is 0 Å². The molecule has 1 aliphatic rings. The lowest BCUT2D eigenvalue weighted by Crippen LogP contribution is -2.09. The van der Waals surface area contributed by atoms with Gasteiger partial charge in [-0.3, -0.25) is 0 Å². The third-order valence-corrected chi connectivity index (χ3v) is 4.92. The monoisotopic (exact) mass is 307 g/mol. The van der Waals surface area contributed by atoms with E-state index in [0.717, 1.165) is 16.8 Å². The molecule has 1 heterocycles. The highest BCUT2D eigenvalue weighted by Gasteiger charge is 2.20. The molecule has 0 spiro atoms. The van der Waals surface area contributed by atoms with Gasteiger partial charge < -0.3 is 0 Å². The molecule has 88 valence electrons. The van der Waals surface area contributed by atoms with Gasteiger partial charge >= 0.3 is 0 Å². The van der Waals surface area contributed by atoms with E-state index in [-0.39, 0.29) is 0 Å². The summed E-state index contributed by atoms with van der Waals surface area (Å²) in [4.78, 5) is 6.29. The summed E-state index contributed by atoms with van der Waals surface area (Å²) < 4.78 is 1.12. The summed E-state index contributed by atoms with van der Waals surface area (Å²) in [5, 5.41) is 1.17. The molecule has 0 bridgehead atoms. The first-order valence-corrected chi connectivity index (χ1v) is 7.58. The van der Waals surface area contributed by atoms with Crippen LogP contribution >= 0.6 is 27.3 Å². The van der Waals surface area contributed by atoms with Gasteiger partial charge in [0.25, 0.3) is 0 Å². The summed E-state index contributed by atoms with van der Waals surface area (Å²) in [5.41, 5.74) is 2.56. The van der Waals surface area contributed by atoms with E-state index in [4.69, 9.17) is 4.98 Å². The highest BCUT2D eigenvalue weighted by Crippen LogP contribution is 2.35. The summed E-state index contributed by atoms with van der Waals surface area (Å²) in [6.45, 7) is 2.33. The van der Waals surface area contributed by atoms with Crippen LogP contribution in [0.4, 0.5) is 0 Å². The maximum Gasteiger partial charge on any atom is 0.123 e. The molecule has 17 heavy (non-hydrogen) atoms. The minimum Gasteiger partial charge on any atom is -0.241 e. The maximum atomic E-state index is 4.79. The van der Waals surface area contributed by atoms with Crippen LogP contribution in [0.1, 0.15) is 23.9 Å². The molecule has 3 heteroatoms. The molecular weight excluding hydrogens is 294 g/mol. The van der Waals surface area contributed by atoms with Crippen molar-refractivity contribution in [1.29, 1.82) is 0 Å². The highest BCUT2D eigenvalue weighted by atomic mass is 79.9. The molecule has 1 aliphatic carbocycles. The lowest BCUT2D eigenvalue weighted by atomic mass is 9.93.